The second-order valence-corrected chi connectivity index (χ2v) is 14.7. The molecule has 218 valence electrons. The number of hydrogen-bond acceptors (Lipinski definition) is 9. The van der Waals surface area contributed by atoms with Gasteiger partial charge in [-0.2, -0.15) is 0 Å². The van der Waals surface area contributed by atoms with Gasteiger partial charge in [0.05, 0.1) is 16.4 Å². The number of likely N-dealkylation sites (tertiary alicyclic amines) is 1. The van der Waals surface area contributed by atoms with Crippen molar-refractivity contribution >= 4 is 38.6 Å². The number of ether oxygens (including phenoxy) is 1. The normalized spacial score (nSPS) is 20.4. The zero-order valence-corrected chi connectivity index (χ0v) is 24.6. The third kappa shape index (κ3) is 5.99. The molecule has 2 aliphatic heterocycles. The fourth-order valence-electron chi connectivity index (χ4n) is 5.97. The van der Waals surface area contributed by atoms with Crippen LogP contribution in [-0.4, -0.2) is 81.4 Å². The van der Waals surface area contributed by atoms with Gasteiger partial charge in [0, 0.05) is 56.3 Å². The van der Waals surface area contributed by atoms with E-state index in [2.05, 4.69) is 15.9 Å². The molecule has 0 unspecified atom stereocenters. The lowest BCUT2D eigenvalue weighted by Gasteiger charge is -2.39. The lowest BCUT2D eigenvalue weighted by atomic mass is 9.91. The first-order valence-electron chi connectivity index (χ1n) is 14.2. The molecule has 2 aromatic rings. The molecule has 3 aliphatic rings. The van der Waals surface area contributed by atoms with Crippen LogP contribution >= 0.6 is 11.3 Å². The molecule has 3 heterocycles. The highest BCUT2D eigenvalue weighted by atomic mass is 32.2. The van der Waals surface area contributed by atoms with Gasteiger partial charge < -0.3 is 14.5 Å². The van der Waals surface area contributed by atoms with Crippen molar-refractivity contribution in [3.63, 3.8) is 0 Å². The Hall–Kier alpha value is -2.31. The van der Waals surface area contributed by atoms with Gasteiger partial charge in [-0.25, -0.2) is 13.9 Å². The van der Waals surface area contributed by atoms with E-state index in [1.807, 2.05) is 6.07 Å². The smallest absolute Gasteiger partial charge is 0.265 e. The van der Waals surface area contributed by atoms with Crippen molar-refractivity contribution in [3.05, 3.63) is 46.2 Å². The standard InChI is InChI=1S/C29H39N3O6S2/c1-38-19-18-31-16-12-29(13-17-31,28(34)30-35)40(36,37)25-7-4-23(5-8-25)32-14-10-22(11-15-32)27(33)26-9-6-24(39-26)20-21-2-3-21/h4-9,21-22,35H,2-3,10-20H2,1H3,(H,30,34). The van der Waals surface area contributed by atoms with E-state index in [1.54, 1.807) is 48.2 Å². The van der Waals surface area contributed by atoms with Crippen LogP contribution in [0.15, 0.2) is 41.3 Å². The van der Waals surface area contributed by atoms with Gasteiger partial charge >= 0.3 is 0 Å². The first-order chi connectivity index (χ1) is 19.3. The number of piperidine rings is 2. The Morgan fingerprint density at radius 2 is 1.70 bits per heavy atom. The Bertz CT molecular complexity index is 1290. The highest BCUT2D eigenvalue weighted by Crippen LogP contribution is 2.38. The van der Waals surface area contributed by atoms with Crippen LogP contribution < -0.4 is 10.4 Å². The molecule has 40 heavy (non-hydrogen) atoms. The Kier molecular flexibility index (Phi) is 8.96. The lowest BCUT2D eigenvalue weighted by Crippen LogP contribution is -2.58. The topological polar surface area (TPSA) is 116 Å². The molecule has 3 fully saturated rings. The summed E-state index contributed by atoms with van der Waals surface area (Å²) in [6.45, 7) is 3.44. The molecule has 2 N–H and O–H groups in total. The number of methoxy groups -OCH3 is 1. The molecule has 1 saturated carbocycles. The highest BCUT2D eigenvalue weighted by molar-refractivity contribution is 7.93. The molecule has 0 radical (unpaired) electrons. The monoisotopic (exact) mass is 589 g/mol. The molecule has 1 amide bonds. The quantitative estimate of drug-likeness (QED) is 0.232. The van der Waals surface area contributed by atoms with Crippen molar-refractivity contribution in [1.29, 1.82) is 0 Å². The van der Waals surface area contributed by atoms with E-state index < -0.39 is 20.5 Å². The van der Waals surface area contributed by atoms with Gasteiger partial charge in [-0.3, -0.25) is 14.8 Å². The summed E-state index contributed by atoms with van der Waals surface area (Å²) in [7, 11) is -2.46. The molecular weight excluding hydrogens is 550 g/mol. The lowest BCUT2D eigenvalue weighted by molar-refractivity contribution is -0.133. The number of ketones is 1. The maximum atomic E-state index is 13.8. The summed E-state index contributed by atoms with van der Waals surface area (Å²) < 4.78 is 30.9. The second kappa shape index (κ2) is 12.3. The Morgan fingerprint density at radius 1 is 1.02 bits per heavy atom. The summed E-state index contributed by atoms with van der Waals surface area (Å²) in [6, 6.07) is 10.8. The van der Waals surface area contributed by atoms with Crippen molar-refractivity contribution in [3.8, 4) is 0 Å². The minimum absolute atomic E-state index is 0.00920. The minimum atomic E-state index is -4.07. The average molecular weight is 590 g/mol. The number of thiophene rings is 1. The van der Waals surface area contributed by atoms with Gasteiger partial charge in [0.25, 0.3) is 5.91 Å². The summed E-state index contributed by atoms with van der Waals surface area (Å²) >= 11 is 1.65. The molecule has 11 heteroatoms. The second-order valence-electron chi connectivity index (χ2n) is 11.3. The summed E-state index contributed by atoms with van der Waals surface area (Å²) in [5.74, 6) is 0.173. The van der Waals surface area contributed by atoms with E-state index in [1.165, 1.54) is 17.7 Å². The average Bonchev–Trinajstić information content (AvgIpc) is 3.69. The Balaban J connectivity index is 1.22. The van der Waals surface area contributed by atoms with Crippen molar-refractivity contribution < 1.29 is 28.0 Å². The van der Waals surface area contributed by atoms with Gasteiger partial charge in [0.1, 0.15) is 0 Å². The largest absolute Gasteiger partial charge is 0.383 e. The summed E-state index contributed by atoms with van der Waals surface area (Å²) in [4.78, 5) is 32.4. The first kappa shape index (κ1) is 29.2. The van der Waals surface area contributed by atoms with E-state index in [4.69, 9.17) is 4.74 Å². The molecule has 1 aromatic carbocycles. The number of nitrogens with zero attached hydrogens (tertiary/aromatic N) is 2. The van der Waals surface area contributed by atoms with Gasteiger partial charge in [0.2, 0.25) is 0 Å². The molecule has 5 rings (SSSR count). The predicted molar refractivity (Wildman–Crippen MR) is 154 cm³/mol. The number of rotatable bonds is 11. The van der Waals surface area contributed by atoms with E-state index in [9.17, 15) is 23.2 Å². The summed E-state index contributed by atoms with van der Waals surface area (Å²) in [5, 5.41) is 9.43. The molecular formula is C29H39N3O6S2. The van der Waals surface area contributed by atoms with Crippen LogP contribution in [0.4, 0.5) is 5.69 Å². The number of benzene rings is 1. The van der Waals surface area contributed by atoms with Crippen LogP contribution in [-0.2, 0) is 25.8 Å². The Morgan fingerprint density at radius 3 is 2.30 bits per heavy atom. The molecule has 0 bridgehead atoms. The number of amides is 1. The first-order valence-corrected chi connectivity index (χ1v) is 16.5. The minimum Gasteiger partial charge on any atom is -0.383 e. The molecule has 2 saturated heterocycles. The maximum Gasteiger partial charge on any atom is 0.265 e. The van der Waals surface area contributed by atoms with Crippen molar-refractivity contribution in [1.82, 2.24) is 10.4 Å². The van der Waals surface area contributed by atoms with Crippen molar-refractivity contribution in [2.45, 2.75) is 54.6 Å². The van der Waals surface area contributed by atoms with Crippen LogP contribution in [0.5, 0.6) is 0 Å². The Labute approximate surface area is 240 Å². The SMILES string of the molecule is COCCN1CCC(C(=O)NO)(S(=O)(=O)c2ccc(N3CCC(C(=O)c4ccc(CC5CC5)s4)CC3)cc2)CC1. The van der Waals surface area contributed by atoms with E-state index in [-0.39, 0.29) is 29.4 Å². The van der Waals surface area contributed by atoms with Crippen molar-refractivity contribution in [2.75, 3.05) is 51.3 Å². The van der Waals surface area contributed by atoms with E-state index >= 15 is 0 Å². The summed E-state index contributed by atoms with van der Waals surface area (Å²) in [5.41, 5.74) is 2.50. The molecule has 0 atom stereocenters. The molecule has 9 nitrogen and oxygen atoms in total. The van der Waals surface area contributed by atoms with Crippen LogP contribution in [0.2, 0.25) is 0 Å². The maximum absolute atomic E-state index is 13.8. The number of carbonyl (C=O) groups excluding carboxylic acids is 2. The fourth-order valence-corrected chi connectivity index (χ4v) is 9.06. The number of sulfone groups is 1. The van der Waals surface area contributed by atoms with Gasteiger partial charge in [0.15, 0.2) is 20.4 Å². The van der Waals surface area contributed by atoms with E-state index in [0.29, 0.717) is 26.2 Å². The van der Waals surface area contributed by atoms with Crippen LogP contribution in [0.1, 0.15) is 53.1 Å². The fraction of sp³-hybridized carbons (Fsp3) is 0.586. The highest BCUT2D eigenvalue weighted by Gasteiger charge is 2.52. The van der Waals surface area contributed by atoms with Gasteiger partial charge in [-0.15, -0.1) is 11.3 Å². The number of nitrogens with one attached hydrogen (secondary N) is 1. The van der Waals surface area contributed by atoms with E-state index in [0.717, 1.165) is 48.8 Å². The third-order valence-corrected chi connectivity index (χ3v) is 12.4. The number of carbonyl (C=O) groups is 2. The summed E-state index contributed by atoms with van der Waals surface area (Å²) in [6.07, 6.45) is 5.39. The predicted octanol–water partition coefficient (Wildman–Crippen LogP) is 3.56. The third-order valence-electron chi connectivity index (χ3n) is 8.77. The zero-order valence-electron chi connectivity index (χ0n) is 23.0. The van der Waals surface area contributed by atoms with Crippen molar-refractivity contribution in [2.24, 2.45) is 11.8 Å². The van der Waals surface area contributed by atoms with Crippen LogP contribution in [0.3, 0.4) is 0 Å². The van der Waals surface area contributed by atoms with Crippen LogP contribution in [0.25, 0.3) is 0 Å². The number of hydrogen-bond donors (Lipinski definition) is 2. The van der Waals surface area contributed by atoms with Crippen LogP contribution in [0, 0.1) is 11.8 Å². The molecule has 0 spiro atoms. The number of hydroxylamine groups is 1. The van der Waals surface area contributed by atoms with Gasteiger partial charge in [-0.05, 0) is 87.3 Å². The number of Topliss-reactive ketones (excluding diaryl/α,β-unsaturated/α-hetero) is 1. The van der Waals surface area contributed by atoms with Gasteiger partial charge in [-0.1, -0.05) is 0 Å². The molecule has 1 aromatic heterocycles. The zero-order chi connectivity index (χ0) is 28.3. The molecule has 1 aliphatic carbocycles. The number of anilines is 1.